The molecule has 0 unspecified atom stereocenters. The molecule has 1 aliphatic carbocycles. The minimum Gasteiger partial charge on any atom is -0.495 e. The van der Waals surface area contributed by atoms with E-state index >= 15 is 0 Å². The molecule has 7 heteroatoms. The summed E-state index contributed by atoms with van der Waals surface area (Å²) < 4.78 is 5.40. The van der Waals surface area contributed by atoms with Crippen LogP contribution in [-0.2, 0) is 0 Å². The number of amides is 1. The Balaban J connectivity index is 1.48. The van der Waals surface area contributed by atoms with Crippen LogP contribution in [0.2, 0.25) is 0 Å². The van der Waals surface area contributed by atoms with E-state index < -0.39 is 6.09 Å². The minimum absolute atomic E-state index is 0.0799. The van der Waals surface area contributed by atoms with Gasteiger partial charge in [0, 0.05) is 43.3 Å². The second-order valence-electron chi connectivity index (χ2n) is 8.41. The number of carboxylic acid groups (broad SMARTS) is 1. The first-order valence-electron chi connectivity index (χ1n) is 11.0. The minimum atomic E-state index is -0.947. The first kappa shape index (κ1) is 21.7. The van der Waals surface area contributed by atoms with Crippen LogP contribution < -0.4 is 19.9 Å². The Labute approximate surface area is 188 Å². The topological polar surface area (TPSA) is 77.9 Å². The number of anilines is 3. The maximum Gasteiger partial charge on any atom is 0.412 e. The smallest absolute Gasteiger partial charge is 0.412 e. The maximum atomic E-state index is 12.1. The SMILES string of the molecule is COc1ccccc1N(C(=O)O)[C@H]1CC[C@@H](Nc2cc(N(C)C)c3ccccc3n2)CC1. The van der Waals surface area contributed by atoms with E-state index in [-0.39, 0.29) is 12.1 Å². The van der Waals surface area contributed by atoms with E-state index in [4.69, 9.17) is 9.72 Å². The molecular formula is C25H30N4O3. The lowest BCUT2D eigenvalue weighted by atomic mass is 9.90. The van der Waals surface area contributed by atoms with Gasteiger partial charge < -0.3 is 20.1 Å². The Kier molecular flexibility index (Phi) is 6.35. The molecule has 7 nitrogen and oxygen atoms in total. The zero-order valence-corrected chi connectivity index (χ0v) is 18.8. The zero-order chi connectivity index (χ0) is 22.7. The predicted molar refractivity (Wildman–Crippen MR) is 129 cm³/mol. The molecule has 1 fully saturated rings. The normalized spacial score (nSPS) is 18.2. The van der Waals surface area contributed by atoms with Gasteiger partial charge in [-0.2, -0.15) is 0 Å². The lowest BCUT2D eigenvalue weighted by Gasteiger charge is -2.36. The summed E-state index contributed by atoms with van der Waals surface area (Å²) in [5.74, 6) is 1.43. The van der Waals surface area contributed by atoms with Gasteiger partial charge in [0.15, 0.2) is 0 Å². The largest absolute Gasteiger partial charge is 0.495 e. The summed E-state index contributed by atoms with van der Waals surface area (Å²) in [6, 6.07) is 17.7. The standard InChI is InChI=1S/C25H30N4O3/c1-28(2)22-16-24(27-20-9-5-4-8-19(20)22)26-17-12-14-18(15-13-17)29(25(30)31)21-10-6-7-11-23(21)32-3/h4-11,16-18H,12-15H2,1-3H3,(H,26,27)(H,30,31)/t17-,18+. The molecular weight excluding hydrogens is 404 g/mol. The van der Waals surface area contributed by atoms with Gasteiger partial charge in [-0.05, 0) is 43.9 Å². The third kappa shape index (κ3) is 4.42. The average Bonchev–Trinajstić information content (AvgIpc) is 2.80. The van der Waals surface area contributed by atoms with E-state index in [1.807, 2.05) is 44.4 Å². The van der Waals surface area contributed by atoms with Crippen LogP contribution in [0.25, 0.3) is 10.9 Å². The van der Waals surface area contributed by atoms with Gasteiger partial charge in [-0.3, -0.25) is 4.90 Å². The van der Waals surface area contributed by atoms with Crippen molar-refractivity contribution in [2.75, 3.05) is 36.3 Å². The highest BCUT2D eigenvalue weighted by atomic mass is 16.5. The van der Waals surface area contributed by atoms with Crippen LogP contribution in [0, 0.1) is 0 Å². The number of methoxy groups -OCH3 is 1. The molecule has 1 heterocycles. The quantitative estimate of drug-likeness (QED) is 0.554. The molecule has 3 aromatic rings. The van der Waals surface area contributed by atoms with Crippen LogP contribution in [-0.4, -0.2) is 49.5 Å². The van der Waals surface area contributed by atoms with Crippen LogP contribution in [0.5, 0.6) is 5.75 Å². The van der Waals surface area contributed by atoms with Crippen molar-refractivity contribution >= 4 is 34.2 Å². The molecule has 2 N–H and O–H groups in total. The second kappa shape index (κ2) is 9.34. The number of hydrogen-bond donors (Lipinski definition) is 2. The maximum absolute atomic E-state index is 12.1. The number of carbonyl (C=O) groups is 1. The Morgan fingerprint density at radius 3 is 2.41 bits per heavy atom. The average molecular weight is 435 g/mol. The molecule has 168 valence electrons. The van der Waals surface area contributed by atoms with Gasteiger partial charge >= 0.3 is 6.09 Å². The molecule has 0 atom stereocenters. The molecule has 0 radical (unpaired) electrons. The van der Waals surface area contributed by atoms with Crippen LogP contribution in [0.15, 0.2) is 54.6 Å². The molecule has 2 aromatic carbocycles. The van der Waals surface area contributed by atoms with Crippen molar-refractivity contribution in [2.45, 2.75) is 37.8 Å². The number of para-hydroxylation sites is 3. The lowest BCUT2D eigenvalue weighted by Crippen LogP contribution is -2.43. The van der Waals surface area contributed by atoms with E-state index in [9.17, 15) is 9.90 Å². The van der Waals surface area contributed by atoms with E-state index in [0.29, 0.717) is 11.4 Å². The Bertz CT molecular complexity index is 1090. The second-order valence-corrected chi connectivity index (χ2v) is 8.41. The molecule has 0 saturated heterocycles. The van der Waals surface area contributed by atoms with E-state index in [1.165, 1.54) is 4.90 Å². The van der Waals surface area contributed by atoms with Gasteiger partial charge in [0.2, 0.25) is 0 Å². The van der Waals surface area contributed by atoms with Gasteiger partial charge in [-0.15, -0.1) is 0 Å². The molecule has 1 aromatic heterocycles. The molecule has 0 bridgehead atoms. The highest BCUT2D eigenvalue weighted by Crippen LogP contribution is 2.35. The van der Waals surface area contributed by atoms with Crippen molar-refractivity contribution in [1.29, 1.82) is 0 Å². The number of rotatable bonds is 6. The monoisotopic (exact) mass is 434 g/mol. The summed E-state index contributed by atoms with van der Waals surface area (Å²) in [4.78, 5) is 20.5. The van der Waals surface area contributed by atoms with Crippen LogP contribution in [0.3, 0.4) is 0 Å². The fourth-order valence-electron chi connectivity index (χ4n) is 4.57. The number of nitrogens with one attached hydrogen (secondary N) is 1. The van der Waals surface area contributed by atoms with Crippen LogP contribution in [0.1, 0.15) is 25.7 Å². The van der Waals surface area contributed by atoms with Gasteiger partial charge in [-0.25, -0.2) is 9.78 Å². The summed E-state index contributed by atoms with van der Waals surface area (Å²) in [5, 5.41) is 14.6. The number of hydrogen-bond acceptors (Lipinski definition) is 5. The fraction of sp³-hybridized carbons (Fsp3) is 0.360. The van der Waals surface area contributed by atoms with Gasteiger partial charge in [0.1, 0.15) is 11.6 Å². The fourth-order valence-corrected chi connectivity index (χ4v) is 4.57. The first-order chi connectivity index (χ1) is 15.5. The van der Waals surface area contributed by atoms with Crippen molar-refractivity contribution in [1.82, 2.24) is 4.98 Å². The van der Waals surface area contributed by atoms with Gasteiger partial charge in [0.05, 0.1) is 18.3 Å². The van der Waals surface area contributed by atoms with Crippen LogP contribution >= 0.6 is 0 Å². The third-order valence-corrected chi connectivity index (χ3v) is 6.14. The molecule has 1 amide bonds. The Morgan fingerprint density at radius 1 is 1.03 bits per heavy atom. The van der Waals surface area contributed by atoms with E-state index in [1.54, 1.807) is 19.2 Å². The summed E-state index contributed by atoms with van der Waals surface area (Å²) in [7, 11) is 5.64. The number of aromatic nitrogens is 1. The predicted octanol–water partition coefficient (Wildman–Crippen LogP) is 5.22. The zero-order valence-electron chi connectivity index (χ0n) is 18.8. The summed E-state index contributed by atoms with van der Waals surface area (Å²) in [6.45, 7) is 0. The number of ether oxygens (including phenoxy) is 1. The van der Waals surface area contributed by atoms with Crippen molar-refractivity contribution in [3.8, 4) is 5.75 Å². The van der Waals surface area contributed by atoms with Crippen molar-refractivity contribution < 1.29 is 14.6 Å². The molecule has 1 saturated carbocycles. The Hall–Kier alpha value is -3.48. The van der Waals surface area contributed by atoms with Crippen molar-refractivity contribution in [3.05, 3.63) is 54.6 Å². The Morgan fingerprint density at radius 2 is 1.72 bits per heavy atom. The number of benzene rings is 2. The number of fused-ring (bicyclic) bond motifs is 1. The van der Waals surface area contributed by atoms with Crippen molar-refractivity contribution in [3.63, 3.8) is 0 Å². The van der Waals surface area contributed by atoms with Crippen LogP contribution in [0.4, 0.5) is 22.0 Å². The lowest BCUT2D eigenvalue weighted by molar-refractivity contribution is 0.195. The van der Waals surface area contributed by atoms with Crippen molar-refractivity contribution in [2.24, 2.45) is 0 Å². The van der Waals surface area contributed by atoms with E-state index in [2.05, 4.69) is 22.3 Å². The molecule has 0 spiro atoms. The third-order valence-electron chi connectivity index (χ3n) is 6.14. The number of pyridine rings is 1. The van der Waals surface area contributed by atoms with Gasteiger partial charge in [0.25, 0.3) is 0 Å². The van der Waals surface area contributed by atoms with Gasteiger partial charge in [-0.1, -0.05) is 30.3 Å². The summed E-state index contributed by atoms with van der Waals surface area (Å²) >= 11 is 0. The number of nitrogens with zero attached hydrogens (tertiary/aromatic N) is 3. The molecule has 4 rings (SSSR count). The van der Waals surface area contributed by atoms with E-state index in [0.717, 1.165) is 48.1 Å². The molecule has 0 aliphatic heterocycles. The highest BCUT2D eigenvalue weighted by Gasteiger charge is 2.31. The summed E-state index contributed by atoms with van der Waals surface area (Å²) in [6.07, 6.45) is 2.34. The molecule has 1 aliphatic rings. The first-order valence-corrected chi connectivity index (χ1v) is 11.0. The highest BCUT2D eigenvalue weighted by molar-refractivity contribution is 5.93. The summed E-state index contributed by atoms with van der Waals surface area (Å²) in [5.41, 5.74) is 2.69. The molecule has 32 heavy (non-hydrogen) atoms.